The molecule has 0 saturated carbocycles. The number of ketones is 2. The second kappa shape index (κ2) is 29.3. The average molecular weight is 1380 g/mol. The lowest BCUT2D eigenvalue weighted by atomic mass is 9.74. The fourth-order valence-corrected chi connectivity index (χ4v) is 13.9. The van der Waals surface area contributed by atoms with E-state index in [4.69, 9.17) is 9.31 Å². The SMILES string of the molecule is CN1CCCC(=O)C1c1ccc(Nc2cc(Br)cn(C)c2=O)cc1.Cc1c(-c2cc(Nc3ccc(C4C(=O)CCCN4C)cc3)c(=O)n(C)c2)cccc1-c1ccc(-c2ccccc2)n(C)c1=O.Cc1c(B2OC(C)(C)C(C)(C)O2)cccc1-c1ccc(-c2ccccc2)n(C)c1=O. The summed E-state index contributed by atoms with van der Waals surface area (Å²) in [4.78, 5) is 81.1. The molecule has 3 aliphatic heterocycles. The van der Waals surface area contributed by atoms with Gasteiger partial charge in [0, 0.05) is 86.0 Å². The predicted octanol–water partition coefficient (Wildman–Crippen LogP) is 14.0. The van der Waals surface area contributed by atoms with Crippen LogP contribution in [0.25, 0.3) is 55.9 Å². The van der Waals surface area contributed by atoms with Gasteiger partial charge >= 0.3 is 7.12 Å². The standard InChI is InChI=1S/C37H36N4O3.C25H28BNO3.C18H20BrN3O2/c1-24-29(12-8-13-30(24)31-19-20-33(41(4)36(31)43)25-10-6-5-7-11-25)27-22-32(37(44)40(3)23-27)38-28-17-15-26(16-18-28)35-34(42)14-9-21-39(35)2;1-17-19(13-10-14-21(17)26-29-24(2,3)25(4,5)30-26)20-15-16-22(27(6)23(20)28)18-11-8-7-9-12-18;1-21-9-3-4-16(23)17(21)12-5-7-14(8-6-12)20-15-10-13(19)11-22(2)18(15)24/h5-8,10-13,15-20,22-23,35,38H,9,14,21H2,1-4H3;7-16H,1-6H3;5-8,10-11,17,20H,3-4,9H2,1-2H3. The second-order valence-corrected chi connectivity index (χ2v) is 27.7. The first-order chi connectivity index (χ1) is 46.8. The fourth-order valence-electron chi connectivity index (χ4n) is 13.3. The number of hydrogen-bond acceptors (Lipinski definition) is 12. The normalized spacial score (nSPS) is 16.8. The lowest BCUT2D eigenvalue weighted by Gasteiger charge is -2.32. The van der Waals surface area contributed by atoms with Crippen LogP contribution in [0.5, 0.6) is 0 Å². The highest BCUT2D eigenvalue weighted by molar-refractivity contribution is 9.10. The summed E-state index contributed by atoms with van der Waals surface area (Å²) in [6.45, 7) is 14.1. The van der Waals surface area contributed by atoms with Crippen molar-refractivity contribution in [1.82, 2.24) is 28.1 Å². The zero-order chi connectivity index (χ0) is 69.9. The van der Waals surface area contributed by atoms with Gasteiger partial charge in [0.25, 0.3) is 22.2 Å². The van der Waals surface area contributed by atoms with Crippen LogP contribution in [0.3, 0.4) is 0 Å². The van der Waals surface area contributed by atoms with Crippen LogP contribution in [0.2, 0.25) is 0 Å². The number of anilines is 4. The number of piperidine rings is 2. The third-order valence-corrected chi connectivity index (χ3v) is 20.0. The Kier molecular flexibility index (Phi) is 20.8. The highest BCUT2D eigenvalue weighted by Gasteiger charge is 2.52. The molecule has 16 nitrogen and oxygen atoms in total. The molecule has 18 heteroatoms. The van der Waals surface area contributed by atoms with Crippen LogP contribution < -0.4 is 38.3 Å². The smallest absolute Gasteiger partial charge is 0.399 e. The zero-order valence-electron chi connectivity index (χ0n) is 57.8. The second-order valence-electron chi connectivity index (χ2n) is 26.8. The molecule has 7 heterocycles. The Hall–Kier alpha value is -9.56. The third kappa shape index (κ3) is 14.7. The van der Waals surface area contributed by atoms with Crippen LogP contribution in [0.1, 0.15) is 87.7 Å². The van der Waals surface area contributed by atoms with E-state index in [1.807, 2.05) is 245 Å². The van der Waals surface area contributed by atoms with Crippen LogP contribution in [-0.2, 0) is 47.1 Å². The molecule has 2 unspecified atom stereocenters. The van der Waals surface area contributed by atoms with Crippen LogP contribution >= 0.6 is 15.9 Å². The topological polar surface area (TPSA) is 171 Å². The number of carbonyl (C=O) groups is 2. The number of Topliss-reactive ketones (excluding diaryl/α,β-unsaturated/α-hetero) is 2. The van der Waals surface area contributed by atoms with Crippen molar-refractivity contribution in [2.75, 3.05) is 37.8 Å². The molecule has 6 aromatic carbocycles. The maximum Gasteiger partial charge on any atom is 0.495 e. The predicted molar refractivity (Wildman–Crippen MR) is 399 cm³/mol. The molecule has 4 aromatic heterocycles. The first-order valence-electron chi connectivity index (χ1n) is 33.1. The summed E-state index contributed by atoms with van der Waals surface area (Å²) >= 11 is 3.39. The summed E-state index contributed by atoms with van der Waals surface area (Å²) in [5, 5.41) is 6.44. The number of nitrogens with zero attached hydrogens (tertiary/aromatic N) is 6. The molecule has 10 aromatic rings. The van der Waals surface area contributed by atoms with Crippen LogP contribution in [0.15, 0.2) is 218 Å². The van der Waals surface area contributed by atoms with E-state index in [2.05, 4.69) is 36.4 Å². The van der Waals surface area contributed by atoms with E-state index >= 15 is 0 Å². The van der Waals surface area contributed by atoms with E-state index in [9.17, 15) is 28.8 Å². The van der Waals surface area contributed by atoms with E-state index in [0.717, 1.165) is 114 Å². The van der Waals surface area contributed by atoms with Crippen molar-refractivity contribution < 1.29 is 18.9 Å². The minimum atomic E-state index is -0.456. The van der Waals surface area contributed by atoms with Gasteiger partial charge in [-0.3, -0.25) is 38.6 Å². The quantitative estimate of drug-likeness (QED) is 0.111. The first kappa shape index (κ1) is 69.8. The van der Waals surface area contributed by atoms with Crippen LogP contribution in [0, 0.1) is 13.8 Å². The highest BCUT2D eigenvalue weighted by atomic mass is 79.9. The minimum absolute atomic E-state index is 0.0227. The molecule has 3 fully saturated rings. The zero-order valence-corrected chi connectivity index (χ0v) is 59.4. The van der Waals surface area contributed by atoms with Crippen LogP contribution in [0.4, 0.5) is 22.7 Å². The Bertz CT molecular complexity index is 4860. The summed E-state index contributed by atoms with van der Waals surface area (Å²) in [6, 6.07) is 58.2. The van der Waals surface area contributed by atoms with Gasteiger partial charge in [0.1, 0.15) is 11.4 Å². The fraction of sp³-hybridized carbons (Fsp3) is 0.275. The van der Waals surface area contributed by atoms with Crippen LogP contribution in [-0.4, -0.2) is 85.1 Å². The average Bonchev–Trinajstić information content (AvgIpc) is 1.69. The molecule has 2 N–H and O–H groups in total. The number of nitrogens with one attached hydrogen (secondary N) is 2. The van der Waals surface area contributed by atoms with Gasteiger partial charge in [0.15, 0.2) is 11.6 Å². The molecule has 502 valence electrons. The molecular weight excluding hydrogens is 1290 g/mol. The minimum Gasteiger partial charge on any atom is -0.399 e. The Morgan fingerprint density at radius 3 is 1.32 bits per heavy atom. The molecule has 13 rings (SSSR count). The number of likely N-dealkylation sites (tertiary alicyclic amines) is 2. The maximum absolute atomic E-state index is 13.6. The summed E-state index contributed by atoms with van der Waals surface area (Å²) in [5.41, 5.74) is 14.8. The van der Waals surface area contributed by atoms with Gasteiger partial charge in [-0.15, -0.1) is 0 Å². The van der Waals surface area contributed by atoms with Gasteiger partial charge in [0.2, 0.25) is 0 Å². The number of likely N-dealkylation sites (N-methyl/N-ethyl adjacent to an activating group) is 2. The lowest BCUT2D eigenvalue weighted by Crippen LogP contribution is -2.41. The largest absolute Gasteiger partial charge is 0.495 e. The van der Waals surface area contributed by atoms with Crippen molar-refractivity contribution in [1.29, 1.82) is 0 Å². The Labute approximate surface area is 581 Å². The number of hydrogen-bond donors (Lipinski definition) is 2. The maximum atomic E-state index is 13.6. The van der Waals surface area contributed by atoms with E-state index in [0.29, 0.717) is 35.3 Å². The number of benzene rings is 6. The van der Waals surface area contributed by atoms with Crippen molar-refractivity contribution in [3.8, 4) is 55.9 Å². The Morgan fingerprint density at radius 2 is 0.857 bits per heavy atom. The van der Waals surface area contributed by atoms with Crippen molar-refractivity contribution in [3.05, 3.63) is 263 Å². The lowest BCUT2D eigenvalue weighted by molar-refractivity contribution is -0.127. The van der Waals surface area contributed by atoms with Gasteiger partial charge in [-0.05, 0) is 214 Å². The van der Waals surface area contributed by atoms with E-state index < -0.39 is 18.3 Å². The summed E-state index contributed by atoms with van der Waals surface area (Å²) in [5.74, 6) is 0.508. The molecule has 0 radical (unpaired) electrons. The Morgan fingerprint density at radius 1 is 0.439 bits per heavy atom. The molecule has 3 aliphatic rings. The monoisotopic (exact) mass is 1370 g/mol. The molecule has 0 bridgehead atoms. The number of carbonyl (C=O) groups excluding carboxylic acids is 2. The molecule has 0 aliphatic carbocycles. The summed E-state index contributed by atoms with van der Waals surface area (Å²) < 4.78 is 19.8. The molecule has 98 heavy (non-hydrogen) atoms. The molecular formula is C80H84BBrN8O8. The summed E-state index contributed by atoms with van der Waals surface area (Å²) in [6.07, 6.45) is 6.61. The molecule has 0 spiro atoms. The third-order valence-electron chi connectivity index (χ3n) is 19.6. The molecule has 0 amide bonds. The van der Waals surface area contributed by atoms with Gasteiger partial charge in [-0.25, -0.2) is 0 Å². The molecule has 3 saturated heterocycles. The number of rotatable bonds is 12. The number of aromatic nitrogens is 4. The van der Waals surface area contributed by atoms with Crippen molar-refractivity contribution in [3.63, 3.8) is 0 Å². The van der Waals surface area contributed by atoms with Gasteiger partial charge in [-0.1, -0.05) is 121 Å². The number of aryl methyl sites for hydroxylation is 2. The van der Waals surface area contributed by atoms with E-state index in [1.54, 1.807) is 47.1 Å². The number of halogens is 1. The number of pyridine rings is 4. The highest BCUT2D eigenvalue weighted by Crippen LogP contribution is 2.38. The van der Waals surface area contributed by atoms with E-state index in [1.165, 1.54) is 4.57 Å². The van der Waals surface area contributed by atoms with Crippen molar-refractivity contribution in [2.45, 2.75) is 90.5 Å². The first-order valence-corrected chi connectivity index (χ1v) is 33.9. The Balaban J connectivity index is 0.000000157. The van der Waals surface area contributed by atoms with Gasteiger partial charge < -0.3 is 38.2 Å². The van der Waals surface area contributed by atoms with Crippen molar-refractivity contribution in [2.24, 2.45) is 28.2 Å². The van der Waals surface area contributed by atoms with E-state index in [-0.39, 0.29) is 45.9 Å². The van der Waals surface area contributed by atoms with Gasteiger partial charge in [0.05, 0.1) is 34.7 Å². The van der Waals surface area contributed by atoms with Crippen molar-refractivity contribution >= 4 is 62.8 Å². The van der Waals surface area contributed by atoms with Gasteiger partial charge in [-0.2, -0.15) is 0 Å². The molecule has 2 atom stereocenters. The summed E-state index contributed by atoms with van der Waals surface area (Å²) in [7, 11) is 10.6.